The first-order valence-corrected chi connectivity index (χ1v) is 8.45. The summed E-state index contributed by atoms with van der Waals surface area (Å²) in [5.41, 5.74) is 0.175. The Morgan fingerprint density at radius 2 is 2.00 bits per heavy atom. The second kappa shape index (κ2) is 8.01. The maximum atomic E-state index is 13.2. The van der Waals surface area contributed by atoms with Crippen LogP contribution in [0.5, 0.6) is 11.5 Å². The van der Waals surface area contributed by atoms with Crippen LogP contribution in [0.25, 0.3) is 0 Å². The molecule has 3 rings (SSSR count). The SMILES string of the molecule is CCn1cc(C(=O)Nc2ccc(Oc3ccc(F)c(Cl)c3)cn2)ccc1=O. The molecule has 3 aromatic rings. The summed E-state index contributed by atoms with van der Waals surface area (Å²) in [4.78, 5) is 28.0. The lowest BCUT2D eigenvalue weighted by Crippen LogP contribution is -2.21. The monoisotopic (exact) mass is 387 g/mol. The summed E-state index contributed by atoms with van der Waals surface area (Å²) in [6.45, 7) is 2.29. The molecule has 1 aromatic carbocycles. The van der Waals surface area contributed by atoms with Crippen LogP contribution in [0.2, 0.25) is 5.02 Å². The number of rotatable bonds is 5. The molecule has 138 valence electrons. The number of pyridine rings is 2. The van der Waals surface area contributed by atoms with Gasteiger partial charge < -0.3 is 14.6 Å². The predicted octanol–water partition coefficient (Wildman–Crippen LogP) is 4.10. The third-order valence-electron chi connectivity index (χ3n) is 3.69. The third kappa shape index (κ3) is 4.51. The van der Waals surface area contributed by atoms with Crippen LogP contribution in [0.1, 0.15) is 17.3 Å². The van der Waals surface area contributed by atoms with Gasteiger partial charge >= 0.3 is 0 Å². The Bertz CT molecular complexity index is 1040. The molecule has 1 amide bonds. The van der Waals surface area contributed by atoms with E-state index in [-0.39, 0.29) is 16.5 Å². The van der Waals surface area contributed by atoms with Crippen LogP contribution in [0.3, 0.4) is 0 Å². The second-order valence-corrected chi connectivity index (χ2v) is 5.96. The van der Waals surface area contributed by atoms with Gasteiger partial charge in [-0.05, 0) is 37.3 Å². The van der Waals surface area contributed by atoms with Crippen LogP contribution in [-0.4, -0.2) is 15.5 Å². The van der Waals surface area contributed by atoms with Gasteiger partial charge in [0.2, 0.25) is 0 Å². The number of benzene rings is 1. The minimum Gasteiger partial charge on any atom is -0.456 e. The summed E-state index contributed by atoms with van der Waals surface area (Å²) < 4.78 is 20.1. The lowest BCUT2D eigenvalue weighted by molar-refractivity contribution is 0.102. The fraction of sp³-hybridized carbons (Fsp3) is 0.105. The number of carbonyl (C=O) groups is 1. The molecule has 0 aliphatic rings. The van der Waals surface area contributed by atoms with Gasteiger partial charge in [0.1, 0.15) is 23.1 Å². The first-order valence-electron chi connectivity index (χ1n) is 8.07. The molecule has 0 aliphatic carbocycles. The zero-order valence-electron chi connectivity index (χ0n) is 14.3. The lowest BCUT2D eigenvalue weighted by atomic mass is 10.2. The zero-order chi connectivity index (χ0) is 19.4. The molecule has 1 N–H and O–H groups in total. The summed E-state index contributed by atoms with van der Waals surface area (Å²) in [6, 6.07) is 9.97. The molecule has 2 heterocycles. The van der Waals surface area contributed by atoms with Crippen molar-refractivity contribution in [1.29, 1.82) is 0 Å². The molecule has 6 nitrogen and oxygen atoms in total. The molecule has 0 radical (unpaired) electrons. The van der Waals surface area contributed by atoms with E-state index in [1.54, 1.807) is 12.1 Å². The van der Waals surface area contributed by atoms with Crippen LogP contribution in [0, 0.1) is 5.82 Å². The molecule has 0 bridgehead atoms. The van der Waals surface area contributed by atoms with E-state index < -0.39 is 5.82 Å². The second-order valence-electron chi connectivity index (χ2n) is 5.55. The number of aryl methyl sites for hydroxylation is 1. The van der Waals surface area contributed by atoms with E-state index in [9.17, 15) is 14.0 Å². The first-order chi connectivity index (χ1) is 13.0. The molecule has 0 saturated carbocycles. The minimum atomic E-state index is -0.533. The number of ether oxygens (including phenoxy) is 1. The fourth-order valence-electron chi connectivity index (χ4n) is 2.29. The first kappa shape index (κ1) is 18.6. The van der Waals surface area contributed by atoms with Crippen LogP contribution >= 0.6 is 11.6 Å². The Kier molecular flexibility index (Phi) is 5.52. The Morgan fingerprint density at radius 3 is 2.67 bits per heavy atom. The Labute approximate surface area is 159 Å². The van der Waals surface area contributed by atoms with Gasteiger partial charge in [0, 0.05) is 24.9 Å². The number of hydrogen-bond donors (Lipinski definition) is 1. The highest BCUT2D eigenvalue weighted by atomic mass is 35.5. The van der Waals surface area contributed by atoms with Crippen molar-refractivity contribution in [1.82, 2.24) is 9.55 Å². The number of carbonyl (C=O) groups excluding carboxylic acids is 1. The molecule has 0 saturated heterocycles. The average molecular weight is 388 g/mol. The van der Waals surface area contributed by atoms with Gasteiger partial charge in [-0.25, -0.2) is 9.37 Å². The standard InChI is InChI=1S/C19H15ClFN3O3/c1-2-24-11-12(3-8-18(24)25)19(26)23-17-7-5-14(10-22-17)27-13-4-6-16(21)15(20)9-13/h3-11H,2H2,1H3,(H,22,23,26). The summed E-state index contributed by atoms with van der Waals surface area (Å²) in [5, 5.41) is 2.60. The van der Waals surface area contributed by atoms with Gasteiger partial charge in [-0.2, -0.15) is 0 Å². The number of nitrogens with one attached hydrogen (secondary N) is 1. The molecule has 0 fully saturated rings. The molecule has 0 aliphatic heterocycles. The molecule has 0 spiro atoms. The van der Waals surface area contributed by atoms with Crippen molar-refractivity contribution in [2.45, 2.75) is 13.5 Å². The highest BCUT2D eigenvalue weighted by molar-refractivity contribution is 6.30. The smallest absolute Gasteiger partial charge is 0.258 e. The zero-order valence-corrected chi connectivity index (χ0v) is 15.0. The number of anilines is 1. The van der Waals surface area contributed by atoms with Crippen molar-refractivity contribution >= 4 is 23.3 Å². The Hall–Kier alpha value is -3.19. The predicted molar refractivity (Wildman–Crippen MR) is 100 cm³/mol. The number of halogens is 2. The number of amides is 1. The molecule has 8 heteroatoms. The molecular weight excluding hydrogens is 373 g/mol. The van der Waals surface area contributed by atoms with E-state index in [0.29, 0.717) is 29.4 Å². The summed E-state index contributed by atoms with van der Waals surface area (Å²) >= 11 is 5.71. The molecule has 0 unspecified atom stereocenters. The van der Waals surface area contributed by atoms with E-state index in [0.717, 1.165) is 0 Å². The number of hydrogen-bond acceptors (Lipinski definition) is 4. The molecular formula is C19H15ClFN3O3. The van der Waals surface area contributed by atoms with Gasteiger partial charge in [0.05, 0.1) is 16.8 Å². The van der Waals surface area contributed by atoms with Crippen LogP contribution in [-0.2, 0) is 6.54 Å². The maximum Gasteiger partial charge on any atom is 0.258 e. The fourth-order valence-corrected chi connectivity index (χ4v) is 2.46. The Balaban J connectivity index is 1.69. The number of nitrogens with zero attached hydrogens (tertiary/aromatic N) is 2. The topological polar surface area (TPSA) is 73.2 Å². The quantitative estimate of drug-likeness (QED) is 0.715. The van der Waals surface area contributed by atoms with Gasteiger partial charge in [-0.3, -0.25) is 9.59 Å². The van der Waals surface area contributed by atoms with Crippen molar-refractivity contribution in [3.05, 3.63) is 81.6 Å². The van der Waals surface area contributed by atoms with Crippen LogP contribution < -0.4 is 15.6 Å². The van der Waals surface area contributed by atoms with E-state index >= 15 is 0 Å². The van der Waals surface area contributed by atoms with Gasteiger partial charge in [-0.1, -0.05) is 11.6 Å². The molecule has 27 heavy (non-hydrogen) atoms. The summed E-state index contributed by atoms with van der Waals surface area (Å²) in [5.74, 6) is 0.161. The van der Waals surface area contributed by atoms with Gasteiger partial charge in [0.15, 0.2) is 0 Å². The van der Waals surface area contributed by atoms with Crippen molar-refractivity contribution in [2.24, 2.45) is 0 Å². The van der Waals surface area contributed by atoms with Gasteiger partial charge in [0.25, 0.3) is 11.5 Å². The van der Waals surface area contributed by atoms with Crippen molar-refractivity contribution < 1.29 is 13.9 Å². The molecule has 0 atom stereocenters. The maximum absolute atomic E-state index is 13.2. The van der Waals surface area contributed by atoms with E-state index in [1.807, 2.05) is 6.92 Å². The van der Waals surface area contributed by atoms with E-state index in [1.165, 1.54) is 47.3 Å². The highest BCUT2D eigenvalue weighted by Crippen LogP contribution is 2.26. The van der Waals surface area contributed by atoms with E-state index in [2.05, 4.69) is 10.3 Å². The van der Waals surface area contributed by atoms with Crippen molar-refractivity contribution in [2.75, 3.05) is 5.32 Å². The van der Waals surface area contributed by atoms with Crippen molar-refractivity contribution in [3.8, 4) is 11.5 Å². The lowest BCUT2D eigenvalue weighted by Gasteiger charge is -2.09. The van der Waals surface area contributed by atoms with Gasteiger partial charge in [-0.15, -0.1) is 0 Å². The third-order valence-corrected chi connectivity index (χ3v) is 3.98. The van der Waals surface area contributed by atoms with E-state index in [4.69, 9.17) is 16.3 Å². The van der Waals surface area contributed by atoms with Crippen molar-refractivity contribution in [3.63, 3.8) is 0 Å². The summed E-state index contributed by atoms with van der Waals surface area (Å²) in [7, 11) is 0. The average Bonchev–Trinajstić information content (AvgIpc) is 2.66. The minimum absolute atomic E-state index is 0.0437. The van der Waals surface area contributed by atoms with Crippen LogP contribution in [0.4, 0.5) is 10.2 Å². The molecule has 2 aromatic heterocycles. The normalized spacial score (nSPS) is 10.5. The summed E-state index contributed by atoms with van der Waals surface area (Å²) in [6.07, 6.45) is 2.91. The largest absolute Gasteiger partial charge is 0.456 e. The Morgan fingerprint density at radius 1 is 1.22 bits per heavy atom. The highest BCUT2D eigenvalue weighted by Gasteiger charge is 2.09. The number of aromatic nitrogens is 2. The van der Waals surface area contributed by atoms with Crippen LogP contribution in [0.15, 0.2) is 59.7 Å².